The second-order valence-corrected chi connectivity index (χ2v) is 4.93. The highest BCUT2D eigenvalue weighted by atomic mass is 16.5. The lowest BCUT2D eigenvalue weighted by atomic mass is 9.84. The molecule has 0 aliphatic carbocycles. The molecule has 1 heterocycles. The Morgan fingerprint density at radius 3 is 2.32 bits per heavy atom. The average Bonchev–Trinajstić information content (AvgIpc) is 2.44. The van der Waals surface area contributed by atoms with Gasteiger partial charge in [-0.05, 0) is 44.9 Å². The maximum Gasteiger partial charge on any atom is 0.0871 e. The van der Waals surface area contributed by atoms with Gasteiger partial charge in [0.1, 0.15) is 0 Å². The zero-order valence-electron chi connectivity index (χ0n) is 13.0. The molecule has 0 aliphatic heterocycles. The van der Waals surface area contributed by atoms with Crippen LogP contribution in [0.15, 0.2) is 18.3 Å². The Kier molecular flexibility index (Phi) is 6.46. The minimum Gasteiger partial charge on any atom is -0.373 e. The number of rotatable bonds is 8. The Bertz CT molecular complexity index is 358. The number of likely N-dealkylation sites (N-methyl/N-ethyl adjacent to an activating group) is 1. The molecule has 1 atom stereocenters. The normalized spacial score (nSPS) is 13.5. The van der Waals surface area contributed by atoms with Crippen LogP contribution in [-0.4, -0.2) is 23.7 Å². The number of nitrogens with one attached hydrogen (secondary N) is 1. The number of ether oxygens (including phenoxy) is 1. The summed E-state index contributed by atoms with van der Waals surface area (Å²) in [5.41, 5.74) is 2.11. The molecule has 108 valence electrons. The van der Waals surface area contributed by atoms with Gasteiger partial charge >= 0.3 is 0 Å². The molecule has 3 nitrogen and oxygen atoms in total. The summed E-state index contributed by atoms with van der Waals surface area (Å²) in [5, 5.41) is 3.58. The number of hydrogen-bond acceptors (Lipinski definition) is 3. The van der Waals surface area contributed by atoms with Crippen molar-refractivity contribution in [2.45, 2.75) is 59.1 Å². The molecular weight excluding hydrogens is 236 g/mol. The Balaban J connectivity index is 3.12. The van der Waals surface area contributed by atoms with Gasteiger partial charge < -0.3 is 10.1 Å². The van der Waals surface area contributed by atoms with Crippen molar-refractivity contribution in [3.8, 4) is 0 Å². The van der Waals surface area contributed by atoms with Gasteiger partial charge in [-0.15, -0.1) is 0 Å². The summed E-state index contributed by atoms with van der Waals surface area (Å²) >= 11 is 0. The minimum absolute atomic E-state index is 0.151. The molecule has 0 amide bonds. The molecule has 0 saturated heterocycles. The van der Waals surface area contributed by atoms with Gasteiger partial charge in [0.05, 0.1) is 11.6 Å². The van der Waals surface area contributed by atoms with Crippen LogP contribution in [0.25, 0.3) is 0 Å². The van der Waals surface area contributed by atoms with Crippen molar-refractivity contribution < 1.29 is 4.74 Å². The van der Waals surface area contributed by atoms with E-state index in [-0.39, 0.29) is 11.6 Å². The van der Waals surface area contributed by atoms with Crippen molar-refractivity contribution in [2.24, 2.45) is 0 Å². The number of hydrogen-bond donors (Lipinski definition) is 1. The minimum atomic E-state index is -0.151. The van der Waals surface area contributed by atoms with E-state index in [1.807, 2.05) is 13.1 Å². The predicted molar refractivity (Wildman–Crippen MR) is 80.3 cm³/mol. The van der Waals surface area contributed by atoms with Gasteiger partial charge in [0.15, 0.2) is 0 Å². The van der Waals surface area contributed by atoms with Crippen LogP contribution in [0.2, 0.25) is 0 Å². The summed E-state index contributed by atoms with van der Waals surface area (Å²) in [4.78, 5) is 4.43. The highest BCUT2D eigenvalue weighted by Gasteiger charge is 2.37. The Hall–Kier alpha value is -0.930. The quantitative estimate of drug-likeness (QED) is 0.778. The zero-order valence-corrected chi connectivity index (χ0v) is 13.0. The van der Waals surface area contributed by atoms with Gasteiger partial charge in [-0.1, -0.05) is 26.8 Å². The van der Waals surface area contributed by atoms with Gasteiger partial charge in [-0.2, -0.15) is 0 Å². The molecule has 0 fully saturated rings. The lowest BCUT2D eigenvalue weighted by Crippen LogP contribution is -2.45. The fraction of sp³-hybridized carbons (Fsp3) is 0.688. The van der Waals surface area contributed by atoms with E-state index < -0.39 is 0 Å². The smallest absolute Gasteiger partial charge is 0.0871 e. The second-order valence-electron chi connectivity index (χ2n) is 4.93. The Morgan fingerprint density at radius 2 is 1.89 bits per heavy atom. The van der Waals surface area contributed by atoms with Crippen molar-refractivity contribution in [3.63, 3.8) is 0 Å². The highest BCUT2D eigenvalue weighted by Crippen LogP contribution is 2.35. The molecule has 1 rings (SSSR count). The summed E-state index contributed by atoms with van der Waals surface area (Å²) < 4.78 is 6.14. The first-order valence-electron chi connectivity index (χ1n) is 7.43. The van der Waals surface area contributed by atoms with Crippen LogP contribution in [0.1, 0.15) is 57.8 Å². The van der Waals surface area contributed by atoms with Gasteiger partial charge in [0.25, 0.3) is 0 Å². The number of pyridine rings is 1. The summed E-state index contributed by atoms with van der Waals surface area (Å²) in [6.45, 7) is 12.3. The van der Waals surface area contributed by atoms with E-state index in [4.69, 9.17) is 4.74 Å². The van der Waals surface area contributed by atoms with Gasteiger partial charge in [0.2, 0.25) is 0 Å². The standard InChI is InChI=1S/C16H28N2O/c1-6-16(7-2,19-9-4)15(17-8-3)14-11-10-13(5)18-12-14/h10-12,15,17H,6-9H2,1-5H3. The first-order chi connectivity index (χ1) is 9.13. The Labute approximate surface area is 117 Å². The van der Waals surface area contributed by atoms with Crippen molar-refractivity contribution in [1.29, 1.82) is 0 Å². The second kappa shape index (κ2) is 7.61. The van der Waals surface area contributed by atoms with E-state index in [2.05, 4.69) is 50.1 Å². The third kappa shape index (κ3) is 3.77. The maximum atomic E-state index is 6.14. The fourth-order valence-electron chi connectivity index (χ4n) is 2.69. The fourth-order valence-corrected chi connectivity index (χ4v) is 2.69. The predicted octanol–water partition coefficient (Wildman–Crippen LogP) is 3.64. The van der Waals surface area contributed by atoms with Crippen LogP contribution < -0.4 is 5.32 Å². The van der Waals surface area contributed by atoms with Crippen molar-refractivity contribution >= 4 is 0 Å². The first kappa shape index (κ1) is 16.1. The number of aromatic nitrogens is 1. The molecule has 1 N–H and O–H groups in total. The third-order valence-electron chi connectivity index (χ3n) is 3.83. The molecule has 0 radical (unpaired) electrons. The van der Waals surface area contributed by atoms with Crippen LogP contribution >= 0.6 is 0 Å². The molecule has 0 bridgehead atoms. The van der Waals surface area contributed by atoms with Crippen LogP contribution in [0.3, 0.4) is 0 Å². The molecule has 1 aromatic rings. The average molecular weight is 264 g/mol. The molecule has 0 aliphatic rings. The van der Waals surface area contributed by atoms with E-state index in [1.54, 1.807) is 0 Å². The van der Waals surface area contributed by atoms with Crippen molar-refractivity contribution in [1.82, 2.24) is 10.3 Å². The molecule has 0 spiro atoms. The molecular formula is C16H28N2O. The largest absolute Gasteiger partial charge is 0.373 e. The monoisotopic (exact) mass is 264 g/mol. The summed E-state index contributed by atoms with van der Waals surface area (Å²) in [7, 11) is 0. The molecule has 0 saturated carbocycles. The van der Waals surface area contributed by atoms with E-state index in [9.17, 15) is 0 Å². The van der Waals surface area contributed by atoms with E-state index >= 15 is 0 Å². The number of aryl methyl sites for hydroxylation is 1. The van der Waals surface area contributed by atoms with Crippen LogP contribution in [0, 0.1) is 6.92 Å². The van der Waals surface area contributed by atoms with E-state index in [0.717, 1.165) is 31.7 Å². The first-order valence-corrected chi connectivity index (χ1v) is 7.43. The third-order valence-corrected chi connectivity index (χ3v) is 3.83. The molecule has 1 aromatic heterocycles. The zero-order chi connectivity index (χ0) is 14.3. The van der Waals surface area contributed by atoms with Gasteiger partial charge in [0, 0.05) is 18.5 Å². The van der Waals surface area contributed by atoms with Crippen molar-refractivity contribution in [2.75, 3.05) is 13.2 Å². The van der Waals surface area contributed by atoms with Crippen LogP contribution in [-0.2, 0) is 4.74 Å². The number of nitrogens with zero attached hydrogens (tertiary/aromatic N) is 1. The topological polar surface area (TPSA) is 34.2 Å². The molecule has 3 heteroatoms. The van der Waals surface area contributed by atoms with Crippen LogP contribution in [0.4, 0.5) is 0 Å². The summed E-state index contributed by atoms with van der Waals surface area (Å²) in [6.07, 6.45) is 3.95. The van der Waals surface area contributed by atoms with Crippen LogP contribution in [0.5, 0.6) is 0 Å². The molecule has 0 aromatic carbocycles. The summed E-state index contributed by atoms with van der Waals surface area (Å²) in [5.74, 6) is 0. The lowest BCUT2D eigenvalue weighted by Gasteiger charge is -2.40. The molecule has 1 unspecified atom stereocenters. The Morgan fingerprint density at radius 1 is 1.21 bits per heavy atom. The van der Waals surface area contributed by atoms with E-state index in [1.165, 1.54) is 5.56 Å². The SMILES string of the molecule is CCNC(c1ccc(C)nc1)C(CC)(CC)OCC. The molecule has 19 heavy (non-hydrogen) atoms. The maximum absolute atomic E-state index is 6.14. The van der Waals surface area contributed by atoms with Crippen molar-refractivity contribution in [3.05, 3.63) is 29.6 Å². The van der Waals surface area contributed by atoms with E-state index in [0.29, 0.717) is 0 Å². The van der Waals surface area contributed by atoms with Gasteiger partial charge in [-0.3, -0.25) is 4.98 Å². The lowest BCUT2D eigenvalue weighted by molar-refractivity contribution is -0.0730. The highest BCUT2D eigenvalue weighted by molar-refractivity contribution is 5.21. The van der Waals surface area contributed by atoms with Gasteiger partial charge in [-0.25, -0.2) is 0 Å². The summed E-state index contributed by atoms with van der Waals surface area (Å²) in [6, 6.07) is 4.43.